The highest BCUT2D eigenvalue weighted by molar-refractivity contribution is 5.76. The van der Waals surface area contributed by atoms with E-state index in [2.05, 4.69) is 0 Å². The molecule has 2 atom stereocenters. The van der Waals surface area contributed by atoms with Gasteiger partial charge in [0.1, 0.15) is 19.2 Å². The predicted octanol–water partition coefficient (Wildman–Crippen LogP) is 3.41. The summed E-state index contributed by atoms with van der Waals surface area (Å²) in [6.45, 7) is 4.30. The molecule has 0 saturated carbocycles. The van der Waals surface area contributed by atoms with E-state index in [1.807, 2.05) is 37.3 Å². The van der Waals surface area contributed by atoms with Crippen molar-refractivity contribution in [3.8, 4) is 0 Å². The minimum Gasteiger partial charge on any atom is -0.415 e. The van der Waals surface area contributed by atoms with Crippen molar-refractivity contribution >= 4 is 12.2 Å². The Morgan fingerprint density at radius 3 is 2.55 bits per heavy atom. The van der Waals surface area contributed by atoms with E-state index in [1.54, 1.807) is 6.92 Å². The minimum absolute atomic E-state index is 0.133. The molecule has 0 aromatic heterocycles. The molecular formula is C16H22NO5+. The maximum atomic E-state index is 12.5. The van der Waals surface area contributed by atoms with E-state index in [0.717, 1.165) is 18.4 Å². The summed E-state index contributed by atoms with van der Waals surface area (Å²) in [5.41, 5.74) is 0.874. The second-order valence-electron chi connectivity index (χ2n) is 5.38. The summed E-state index contributed by atoms with van der Waals surface area (Å²) < 4.78 is 4.90. The molecule has 1 aromatic rings. The number of carbonyl (C=O) groups excluding carboxylic acids is 2. The van der Waals surface area contributed by atoms with Crippen LogP contribution < -0.4 is 0 Å². The fourth-order valence-electron chi connectivity index (χ4n) is 2.70. The number of amides is 2. The highest BCUT2D eigenvalue weighted by Gasteiger charge is 2.56. The summed E-state index contributed by atoms with van der Waals surface area (Å²) in [6.07, 6.45) is 0.244. The molecule has 22 heavy (non-hydrogen) atoms. The van der Waals surface area contributed by atoms with Crippen LogP contribution in [0.25, 0.3) is 0 Å². The fourth-order valence-corrected chi connectivity index (χ4v) is 2.70. The van der Waals surface area contributed by atoms with Gasteiger partial charge in [-0.15, -0.1) is 4.48 Å². The zero-order valence-corrected chi connectivity index (χ0v) is 13.0. The molecule has 2 amide bonds. The average molecular weight is 308 g/mol. The maximum Gasteiger partial charge on any atom is 0.558 e. The normalized spacial score (nSPS) is 24.0. The monoisotopic (exact) mass is 308 g/mol. The van der Waals surface area contributed by atoms with Gasteiger partial charge in [-0.3, -0.25) is 0 Å². The van der Waals surface area contributed by atoms with E-state index in [0.29, 0.717) is 6.54 Å². The number of ether oxygens (including phenoxy) is 1. The van der Waals surface area contributed by atoms with E-state index in [9.17, 15) is 9.59 Å². The molecule has 0 aliphatic carbocycles. The summed E-state index contributed by atoms with van der Waals surface area (Å²) in [4.78, 5) is 34.3. The summed E-state index contributed by atoms with van der Waals surface area (Å²) in [7, 11) is 0. The van der Waals surface area contributed by atoms with Crippen molar-refractivity contribution in [1.82, 2.24) is 0 Å². The lowest BCUT2D eigenvalue weighted by molar-refractivity contribution is -0.801. The van der Waals surface area contributed by atoms with Crippen LogP contribution in [0.3, 0.4) is 0 Å². The first-order valence-electron chi connectivity index (χ1n) is 7.54. The van der Waals surface area contributed by atoms with Crippen LogP contribution in [0.5, 0.6) is 0 Å². The van der Waals surface area contributed by atoms with Gasteiger partial charge in [0.25, 0.3) is 0 Å². The minimum atomic E-state index is -0.704. The third-order valence-corrected chi connectivity index (χ3v) is 3.99. The SMILES string of the molecule is CCOOC(=O)[N+]1(C(=O)OCc2ccccc2)CCC[C@H]1C. The van der Waals surface area contributed by atoms with Gasteiger partial charge in [0, 0.05) is 12.8 Å². The number of rotatable bonds is 4. The van der Waals surface area contributed by atoms with Gasteiger partial charge in [-0.1, -0.05) is 30.3 Å². The molecule has 0 bridgehead atoms. The van der Waals surface area contributed by atoms with Crippen molar-refractivity contribution in [3.63, 3.8) is 0 Å². The van der Waals surface area contributed by atoms with E-state index >= 15 is 0 Å². The van der Waals surface area contributed by atoms with Crippen molar-refractivity contribution in [3.05, 3.63) is 35.9 Å². The molecule has 1 fully saturated rings. The largest absolute Gasteiger partial charge is 0.558 e. The summed E-state index contributed by atoms with van der Waals surface area (Å²) in [5.74, 6) is 0. The zero-order valence-electron chi connectivity index (χ0n) is 13.0. The van der Waals surface area contributed by atoms with Gasteiger partial charge in [0.15, 0.2) is 0 Å². The molecule has 1 aromatic carbocycles. The molecule has 1 heterocycles. The van der Waals surface area contributed by atoms with Crippen molar-refractivity contribution in [1.29, 1.82) is 0 Å². The molecule has 6 heteroatoms. The van der Waals surface area contributed by atoms with Crippen LogP contribution >= 0.6 is 0 Å². The van der Waals surface area contributed by atoms with Gasteiger partial charge in [-0.25, -0.2) is 4.89 Å². The van der Waals surface area contributed by atoms with Crippen LogP contribution in [0.2, 0.25) is 0 Å². The number of carbonyl (C=O) groups is 2. The van der Waals surface area contributed by atoms with Crippen LogP contribution in [0.1, 0.15) is 32.3 Å². The topological polar surface area (TPSA) is 61.8 Å². The van der Waals surface area contributed by atoms with Crippen LogP contribution in [0.15, 0.2) is 30.3 Å². The van der Waals surface area contributed by atoms with E-state index in [1.165, 1.54) is 0 Å². The summed E-state index contributed by atoms with van der Waals surface area (Å²) in [6, 6.07) is 9.18. The third kappa shape index (κ3) is 3.28. The highest BCUT2D eigenvalue weighted by atomic mass is 17.2. The molecule has 1 unspecified atom stereocenters. The van der Waals surface area contributed by atoms with Crippen molar-refractivity contribution in [2.75, 3.05) is 13.2 Å². The Balaban J connectivity index is 2.08. The van der Waals surface area contributed by atoms with E-state index < -0.39 is 16.7 Å². The second kappa shape index (κ2) is 7.38. The second-order valence-corrected chi connectivity index (χ2v) is 5.38. The van der Waals surface area contributed by atoms with Gasteiger partial charge in [0.2, 0.25) is 0 Å². The Labute approximate surface area is 130 Å². The lowest BCUT2D eigenvalue weighted by atomic mass is 10.2. The number of hydrogen-bond acceptors (Lipinski definition) is 5. The van der Waals surface area contributed by atoms with Crippen LogP contribution in [-0.4, -0.2) is 35.9 Å². The Bertz CT molecular complexity index is 519. The van der Waals surface area contributed by atoms with E-state index in [-0.39, 0.29) is 19.3 Å². The molecule has 0 N–H and O–H groups in total. The maximum absolute atomic E-state index is 12.5. The Kier molecular flexibility index (Phi) is 5.51. The highest BCUT2D eigenvalue weighted by Crippen LogP contribution is 2.30. The van der Waals surface area contributed by atoms with Gasteiger partial charge < -0.3 is 4.74 Å². The zero-order chi connectivity index (χ0) is 16.0. The van der Waals surface area contributed by atoms with E-state index in [4.69, 9.17) is 14.5 Å². The smallest absolute Gasteiger partial charge is 0.415 e. The van der Waals surface area contributed by atoms with Crippen LogP contribution in [-0.2, 0) is 21.1 Å². The number of benzene rings is 1. The first-order chi connectivity index (χ1) is 10.6. The van der Waals surface area contributed by atoms with Gasteiger partial charge in [-0.2, -0.15) is 14.5 Å². The molecule has 6 nitrogen and oxygen atoms in total. The number of quaternary nitrogens is 1. The molecule has 1 aliphatic heterocycles. The van der Waals surface area contributed by atoms with Gasteiger partial charge in [0.05, 0.1) is 6.61 Å². The quantitative estimate of drug-likeness (QED) is 0.484. The lowest BCUT2D eigenvalue weighted by Crippen LogP contribution is -2.59. The molecule has 2 rings (SSSR count). The third-order valence-electron chi connectivity index (χ3n) is 3.99. The number of nitrogens with zero attached hydrogens (tertiary/aromatic N) is 1. The molecular weight excluding hydrogens is 286 g/mol. The van der Waals surface area contributed by atoms with Crippen LogP contribution in [0, 0.1) is 0 Å². The molecule has 0 spiro atoms. The summed E-state index contributed by atoms with van der Waals surface area (Å²) in [5, 5.41) is 0. The van der Waals surface area contributed by atoms with Gasteiger partial charge in [-0.05, 0) is 19.4 Å². The molecule has 0 radical (unpaired) electrons. The Morgan fingerprint density at radius 1 is 1.23 bits per heavy atom. The summed E-state index contributed by atoms with van der Waals surface area (Å²) >= 11 is 0. The van der Waals surface area contributed by atoms with Gasteiger partial charge >= 0.3 is 12.2 Å². The standard InChI is InChI=1S/C16H22NO5/c1-3-21-22-16(19)17(11-7-8-13(17)2)15(18)20-12-14-9-5-4-6-10-14/h4-6,9-10,13H,3,7-8,11-12H2,1-2H3/q+1/t13-,17?/m1/s1. The van der Waals surface area contributed by atoms with Crippen LogP contribution in [0.4, 0.5) is 9.59 Å². The molecule has 1 aliphatic rings. The fraction of sp³-hybridized carbons (Fsp3) is 0.500. The first-order valence-corrected chi connectivity index (χ1v) is 7.54. The Morgan fingerprint density at radius 2 is 1.95 bits per heavy atom. The number of likely N-dealkylation sites (tertiary alicyclic amines) is 1. The number of imide groups is 1. The average Bonchev–Trinajstić information content (AvgIpc) is 2.94. The molecule has 120 valence electrons. The van der Waals surface area contributed by atoms with Crippen molar-refractivity contribution < 1.29 is 28.6 Å². The predicted molar refractivity (Wildman–Crippen MR) is 78.6 cm³/mol. The van der Waals surface area contributed by atoms with Crippen molar-refractivity contribution in [2.24, 2.45) is 0 Å². The first kappa shape index (κ1) is 16.5. The lowest BCUT2D eigenvalue weighted by Gasteiger charge is -2.29. The molecule has 1 saturated heterocycles. The van der Waals surface area contributed by atoms with Crippen molar-refractivity contribution in [2.45, 2.75) is 39.3 Å². The Hall–Kier alpha value is -1.92. The number of hydrogen-bond donors (Lipinski definition) is 0.